The van der Waals surface area contributed by atoms with Gasteiger partial charge in [0.05, 0.1) is 10.6 Å². The fourth-order valence-electron chi connectivity index (χ4n) is 2.85. The molecule has 10 heteroatoms. The Balaban J connectivity index is 2.15. The lowest BCUT2D eigenvalue weighted by molar-refractivity contribution is -0.384. The van der Waals surface area contributed by atoms with Gasteiger partial charge >= 0.3 is 6.03 Å². The first-order chi connectivity index (χ1) is 13.9. The summed E-state index contributed by atoms with van der Waals surface area (Å²) in [4.78, 5) is 22.2. The highest BCUT2D eigenvalue weighted by Crippen LogP contribution is 2.38. The van der Waals surface area contributed by atoms with Gasteiger partial charge in [-0.3, -0.25) is 10.1 Å². The first kappa shape index (κ1) is 20.1. The summed E-state index contributed by atoms with van der Waals surface area (Å²) < 4.78 is 10.9. The fraction of sp³-hybridized carbons (Fsp3) is 0.263. The molecule has 29 heavy (non-hydrogen) atoms. The van der Waals surface area contributed by atoms with Gasteiger partial charge in [0.25, 0.3) is 5.69 Å². The van der Waals surface area contributed by atoms with E-state index in [4.69, 9.17) is 9.47 Å². The van der Waals surface area contributed by atoms with Crippen LogP contribution >= 0.6 is 0 Å². The zero-order valence-corrected chi connectivity index (χ0v) is 15.8. The van der Waals surface area contributed by atoms with Crippen LogP contribution in [0.2, 0.25) is 0 Å². The molecule has 0 bridgehead atoms. The second-order valence-electron chi connectivity index (χ2n) is 6.33. The molecule has 10 nitrogen and oxygen atoms in total. The van der Waals surface area contributed by atoms with Crippen molar-refractivity contribution in [2.24, 2.45) is 5.10 Å². The average molecular weight is 400 g/mol. The van der Waals surface area contributed by atoms with Gasteiger partial charge in [-0.25, -0.2) is 10.2 Å². The summed E-state index contributed by atoms with van der Waals surface area (Å²) in [5.41, 5.74) is 4.55. The van der Waals surface area contributed by atoms with Crippen LogP contribution in [0.15, 0.2) is 41.5 Å². The van der Waals surface area contributed by atoms with E-state index in [9.17, 15) is 20.0 Å². The van der Waals surface area contributed by atoms with Gasteiger partial charge in [-0.2, -0.15) is 5.10 Å². The second-order valence-corrected chi connectivity index (χ2v) is 6.33. The maximum atomic E-state index is 11.7. The Labute approximate surface area is 166 Å². The number of benzene rings is 2. The third-order valence-electron chi connectivity index (χ3n) is 4.45. The van der Waals surface area contributed by atoms with E-state index in [1.165, 1.54) is 19.2 Å². The lowest BCUT2D eigenvalue weighted by Gasteiger charge is -2.17. The molecule has 1 aliphatic heterocycles. The van der Waals surface area contributed by atoms with Crippen molar-refractivity contribution in [2.75, 3.05) is 20.4 Å². The van der Waals surface area contributed by atoms with Crippen LogP contribution in [0, 0.1) is 10.1 Å². The minimum Gasteiger partial charge on any atom is -0.454 e. The molecule has 3 rings (SSSR count). The maximum absolute atomic E-state index is 11.7. The number of aliphatic hydroxyl groups excluding tert-OH is 1. The van der Waals surface area contributed by atoms with Crippen molar-refractivity contribution in [3.8, 4) is 11.5 Å². The maximum Gasteiger partial charge on any atom is 0.334 e. The van der Waals surface area contributed by atoms with Crippen LogP contribution in [0.5, 0.6) is 11.5 Å². The number of aliphatic hydroxyl groups is 1. The molecule has 1 atom stereocenters. The Bertz CT molecular complexity index is 958. The standard InChI is InChI=1S/C19H20N4O6/c1-11(9-24)14-7-16-17(29-10-28-16)8-15(14)18(21-22-19(25)20-2)12-3-5-13(6-4-12)23(26)27/h3-8,11,24H,9-10H2,1-2H3,(H2,20,22,25)/b21-18+. The summed E-state index contributed by atoms with van der Waals surface area (Å²) in [6, 6.07) is 8.75. The van der Waals surface area contributed by atoms with Crippen LogP contribution in [0.3, 0.4) is 0 Å². The van der Waals surface area contributed by atoms with Crippen molar-refractivity contribution >= 4 is 17.4 Å². The molecule has 0 radical (unpaired) electrons. The van der Waals surface area contributed by atoms with Crippen molar-refractivity contribution in [2.45, 2.75) is 12.8 Å². The van der Waals surface area contributed by atoms with Gasteiger partial charge in [0.15, 0.2) is 11.5 Å². The predicted molar refractivity (Wildman–Crippen MR) is 104 cm³/mol. The molecule has 3 N–H and O–H groups in total. The summed E-state index contributed by atoms with van der Waals surface area (Å²) in [5.74, 6) is 0.789. The van der Waals surface area contributed by atoms with E-state index < -0.39 is 11.0 Å². The highest BCUT2D eigenvalue weighted by Gasteiger charge is 2.24. The molecule has 0 saturated heterocycles. The summed E-state index contributed by atoms with van der Waals surface area (Å²) in [7, 11) is 1.45. The van der Waals surface area contributed by atoms with Crippen LogP contribution in [0.25, 0.3) is 0 Å². The zero-order chi connectivity index (χ0) is 21.0. The summed E-state index contributed by atoms with van der Waals surface area (Å²) in [6.07, 6.45) is 0. The lowest BCUT2D eigenvalue weighted by Crippen LogP contribution is -2.30. The number of hydrazone groups is 1. The van der Waals surface area contributed by atoms with Crippen molar-refractivity contribution < 1.29 is 24.3 Å². The van der Waals surface area contributed by atoms with E-state index in [0.29, 0.717) is 28.3 Å². The third kappa shape index (κ3) is 4.27. The number of hydrogen-bond donors (Lipinski definition) is 3. The predicted octanol–water partition coefficient (Wildman–Crippen LogP) is 2.10. The lowest BCUT2D eigenvalue weighted by atomic mass is 9.90. The first-order valence-corrected chi connectivity index (χ1v) is 8.79. The molecule has 1 unspecified atom stereocenters. The van der Waals surface area contributed by atoms with Crippen molar-refractivity contribution in [1.29, 1.82) is 0 Å². The molecule has 152 valence electrons. The molecular weight excluding hydrogens is 380 g/mol. The SMILES string of the molecule is CNC(=O)N/N=C(\c1ccc([N+](=O)[O-])cc1)c1cc2c(cc1C(C)CO)OCO2. The normalized spacial score (nSPS) is 13.7. The van der Waals surface area contributed by atoms with Crippen LogP contribution in [0.4, 0.5) is 10.5 Å². The number of rotatable bonds is 6. The van der Waals surface area contributed by atoms with Gasteiger partial charge in [-0.05, 0) is 29.8 Å². The van der Waals surface area contributed by atoms with E-state index in [2.05, 4.69) is 15.8 Å². The number of amides is 2. The minimum atomic E-state index is -0.526. The Morgan fingerprint density at radius 1 is 1.28 bits per heavy atom. The summed E-state index contributed by atoms with van der Waals surface area (Å²) >= 11 is 0. The number of carbonyl (C=O) groups is 1. The number of carbonyl (C=O) groups excluding carboxylic acids is 1. The Morgan fingerprint density at radius 2 is 1.93 bits per heavy atom. The molecule has 0 aliphatic carbocycles. The summed E-state index contributed by atoms with van der Waals surface area (Å²) in [5, 5.41) is 27.3. The number of urea groups is 1. The average Bonchev–Trinajstić information content (AvgIpc) is 3.20. The van der Waals surface area contributed by atoms with Crippen molar-refractivity contribution in [3.05, 3.63) is 63.2 Å². The van der Waals surface area contributed by atoms with Gasteiger partial charge in [0.2, 0.25) is 6.79 Å². The number of nitro groups is 1. The van der Waals surface area contributed by atoms with Crippen LogP contribution in [0.1, 0.15) is 29.5 Å². The molecule has 2 aromatic rings. The fourth-order valence-corrected chi connectivity index (χ4v) is 2.85. The van der Waals surface area contributed by atoms with E-state index in [0.717, 1.165) is 5.56 Å². The molecule has 1 heterocycles. The molecule has 2 aromatic carbocycles. The van der Waals surface area contributed by atoms with Crippen molar-refractivity contribution in [3.63, 3.8) is 0 Å². The first-order valence-electron chi connectivity index (χ1n) is 8.79. The smallest absolute Gasteiger partial charge is 0.334 e. The second kappa shape index (κ2) is 8.57. The Morgan fingerprint density at radius 3 is 2.52 bits per heavy atom. The summed E-state index contributed by atoms with van der Waals surface area (Å²) in [6.45, 7) is 1.79. The molecule has 0 aromatic heterocycles. The van der Waals surface area contributed by atoms with Gasteiger partial charge < -0.3 is 19.9 Å². The zero-order valence-electron chi connectivity index (χ0n) is 15.8. The third-order valence-corrected chi connectivity index (χ3v) is 4.45. The van der Waals surface area contributed by atoms with E-state index >= 15 is 0 Å². The van der Waals surface area contributed by atoms with Gasteiger partial charge in [0.1, 0.15) is 0 Å². The number of non-ortho nitro benzene ring substituents is 1. The van der Waals surface area contributed by atoms with E-state index in [1.54, 1.807) is 24.3 Å². The molecular formula is C19H20N4O6. The highest BCUT2D eigenvalue weighted by molar-refractivity contribution is 6.14. The number of nitro benzene ring substituents is 1. The number of nitrogens with zero attached hydrogens (tertiary/aromatic N) is 2. The number of nitrogens with one attached hydrogen (secondary N) is 2. The number of ether oxygens (including phenoxy) is 2. The van der Waals surface area contributed by atoms with Crippen LogP contribution < -0.4 is 20.2 Å². The molecule has 0 spiro atoms. The monoisotopic (exact) mass is 400 g/mol. The molecule has 1 aliphatic rings. The molecule has 2 amide bonds. The van der Waals surface area contributed by atoms with E-state index in [-0.39, 0.29) is 25.0 Å². The molecule has 0 saturated carbocycles. The van der Waals surface area contributed by atoms with Crippen LogP contribution in [-0.2, 0) is 0 Å². The number of hydrogen-bond acceptors (Lipinski definition) is 7. The number of fused-ring (bicyclic) bond motifs is 1. The topological polar surface area (TPSA) is 135 Å². The van der Waals surface area contributed by atoms with Gasteiger partial charge in [-0.15, -0.1) is 0 Å². The largest absolute Gasteiger partial charge is 0.454 e. The Hall–Kier alpha value is -3.66. The van der Waals surface area contributed by atoms with Crippen LogP contribution in [-0.4, -0.2) is 42.2 Å². The minimum absolute atomic E-state index is 0.0676. The highest BCUT2D eigenvalue weighted by atomic mass is 16.7. The van der Waals surface area contributed by atoms with Gasteiger partial charge in [0, 0.05) is 42.8 Å². The van der Waals surface area contributed by atoms with Gasteiger partial charge in [-0.1, -0.05) is 6.92 Å². The van der Waals surface area contributed by atoms with Crippen molar-refractivity contribution in [1.82, 2.24) is 10.7 Å². The quantitative estimate of drug-likeness (QED) is 0.386. The molecule has 0 fully saturated rings. The Kier molecular flexibility index (Phi) is 5.93. The van der Waals surface area contributed by atoms with E-state index in [1.807, 2.05) is 6.92 Å².